The zero-order valence-corrected chi connectivity index (χ0v) is 18.9. The van der Waals surface area contributed by atoms with Crippen LogP contribution in [0.4, 0.5) is 0 Å². The van der Waals surface area contributed by atoms with Crippen LogP contribution in [0, 0.1) is 11.8 Å². The molecule has 30 heavy (non-hydrogen) atoms. The lowest BCUT2D eigenvalue weighted by Gasteiger charge is -2.31. The van der Waals surface area contributed by atoms with Gasteiger partial charge >= 0.3 is 11.9 Å². The molecule has 0 aromatic rings. The molecule has 2 unspecified atom stereocenters. The van der Waals surface area contributed by atoms with Crippen molar-refractivity contribution in [3.8, 4) is 0 Å². The quantitative estimate of drug-likeness (QED) is 0.371. The molecule has 0 saturated heterocycles. The molecule has 0 aliphatic heterocycles. The van der Waals surface area contributed by atoms with Crippen LogP contribution >= 0.6 is 0 Å². The lowest BCUT2D eigenvalue weighted by molar-refractivity contribution is -0.162. The number of amides is 1. The molecule has 0 spiro atoms. The summed E-state index contributed by atoms with van der Waals surface area (Å²) in [7, 11) is 0. The summed E-state index contributed by atoms with van der Waals surface area (Å²) in [4.78, 5) is 37.1. The van der Waals surface area contributed by atoms with Gasteiger partial charge in [-0.25, -0.2) is 0 Å². The van der Waals surface area contributed by atoms with E-state index in [9.17, 15) is 14.4 Å². The molecule has 170 valence electrons. The van der Waals surface area contributed by atoms with Gasteiger partial charge in [-0.2, -0.15) is 0 Å². The molecule has 1 aliphatic rings. The van der Waals surface area contributed by atoms with Crippen LogP contribution in [0.2, 0.25) is 0 Å². The van der Waals surface area contributed by atoms with E-state index in [2.05, 4.69) is 18.5 Å². The maximum absolute atomic E-state index is 12.7. The average Bonchev–Trinajstić information content (AvgIpc) is 2.68. The normalized spacial score (nSPS) is 16.8. The van der Waals surface area contributed by atoms with E-state index in [4.69, 9.17) is 9.47 Å². The minimum absolute atomic E-state index is 0.0537. The molecule has 1 amide bonds. The van der Waals surface area contributed by atoms with Gasteiger partial charge < -0.3 is 14.8 Å². The molecule has 2 atom stereocenters. The second-order valence-electron chi connectivity index (χ2n) is 9.04. The monoisotopic (exact) mass is 421 g/mol. The van der Waals surface area contributed by atoms with Gasteiger partial charge in [0.15, 0.2) is 0 Å². The Bertz CT molecular complexity index is 587. The first-order valence-corrected chi connectivity index (χ1v) is 11.1. The first kappa shape index (κ1) is 25.9. The van der Waals surface area contributed by atoms with E-state index < -0.39 is 23.5 Å². The second-order valence-corrected chi connectivity index (χ2v) is 9.04. The van der Waals surface area contributed by atoms with Gasteiger partial charge in [0.05, 0.1) is 18.4 Å². The van der Waals surface area contributed by atoms with Gasteiger partial charge in [-0.1, -0.05) is 31.4 Å². The molecule has 1 fully saturated rings. The van der Waals surface area contributed by atoms with Gasteiger partial charge in [-0.15, -0.1) is 13.2 Å². The van der Waals surface area contributed by atoms with E-state index in [1.165, 1.54) is 6.42 Å². The summed E-state index contributed by atoms with van der Waals surface area (Å²) in [5.41, 5.74) is -0.610. The molecule has 0 aromatic heterocycles. The van der Waals surface area contributed by atoms with Gasteiger partial charge in [0.1, 0.15) is 12.2 Å². The highest BCUT2D eigenvalue weighted by atomic mass is 16.6. The fraction of sp³-hybridized carbons (Fsp3) is 0.708. The lowest BCUT2D eigenvalue weighted by Crippen LogP contribution is -2.45. The highest BCUT2D eigenvalue weighted by Crippen LogP contribution is 2.27. The van der Waals surface area contributed by atoms with Crippen molar-refractivity contribution in [2.75, 3.05) is 6.61 Å². The summed E-state index contributed by atoms with van der Waals surface area (Å²) < 4.78 is 10.9. The molecule has 1 aliphatic carbocycles. The molecule has 0 bridgehead atoms. The first-order valence-electron chi connectivity index (χ1n) is 11.1. The number of allylic oxidation sites excluding steroid dienone is 2. The summed E-state index contributed by atoms with van der Waals surface area (Å²) in [6.45, 7) is 12.8. The van der Waals surface area contributed by atoms with E-state index in [0.29, 0.717) is 25.2 Å². The molecule has 0 aromatic carbocycles. The van der Waals surface area contributed by atoms with Gasteiger partial charge in [0, 0.05) is 6.42 Å². The first-order chi connectivity index (χ1) is 14.2. The molecular formula is C24H39NO5. The van der Waals surface area contributed by atoms with Crippen molar-refractivity contribution in [3.05, 3.63) is 25.3 Å². The minimum atomic E-state index is -0.638. The lowest BCUT2D eigenvalue weighted by atomic mass is 9.84. The van der Waals surface area contributed by atoms with E-state index >= 15 is 0 Å². The standard InChI is InChI=1S/C24H39NO5/c1-6-8-15-21(26)25-20(18-13-10-9-11-14-18)17-29-23(28)19(12-7-2)16-22(27)30-24(3,4)5/h6-7,18-20H,1-2,8-17H2,3-5H3,(H,25,26). The summed E-state index contributed by atoms with van der Waals surface area (Å²) in [6, 6.07) is -0.211. The van der Waals surface area contributed by atoms with Gasteiger partial charge in [0.25, 0.3) is 0 Å². The number of ether oxygens (including phenoxy) is 2. The summed E-state index contributed by atoms with van der Waals surface area (Å²) in [5.74, 6) is -1.29. The number of carbonyl (C=O) groups excluding carboxylic acids is 3. The third-order valence-electron chi connectivity index (χ3n) is 5.16. The Morgan fingerprint density at radius 3 is 2.33 bits per heavy atom. The van der Waals surface area contributed by atoms with Crippen molar-refractivity contribution in [3.63, 3.8) is 0 Å². The highest BCUT2D eigenvalue weighted by Gasteiger charge is 2.29. The van der Waals surface area contributed by atoms with Crippen LogP contribution < -0.4 is 5.32 Å². The third-order valence-corrected chi connectivity index (χ3v) is 5.16. The molecule has 6 nitrogen and oxygen atoms in total. The number of rotatable bonds is 12. The Morgan fingerprint density at radius 1 is 1.10 bits per heavy atom. The smallest absolute Gasteiger partial charge is 0.309 e. The number of hydrogen-bond donors (Lipinski definition) is 1. The zero-order chi connectivity index (χ0) is 22.6. The van der Waals surface area contributed by atoms with E-state index in [-0.39, 0.29) is 25.0 Å². The molecule has 1 rings (SSSR count). The molecule has 6 heteroatoms. The predicted octanol–water partition coefficient (Wildman–Crippen LogP) is 4.49. The van der Waals surface area contributed by atoms with Gasteiger partial charge in [0.2, 0.25) is 5.91 Å². The Morgan fingerprint density at radius 2 is 1.77 bits per heavy atom. The summed E-state index contributed by atoms with van der Waals surface area (Å²) in [5, 5.41) is 3.04. The fourth-order valence-electron chi connectivity index (χ4n) is 3.68. The minimum Gasteiger partial charge on any atom is -0.463 e. The van der Waals surface area contributed by atoms with Crippen LogP contribution in [0.3, 0.4) is 0 Å². The Hall–Kier alpha value is -2.11. The molecule has 1 N–H and O–H groups in total. The molecule has 0 heterocycles. The number of carbonyl (C=O) groups is 3. The summed E-state index contributed by atoms with van der Waals surface area (Å²) >= 11 is 0. The van der Waals surface area contributed by atoms with E-state index in [1.807, 2.05) is 0 Å². The third kappa shape index (κ3) is 10.6. The molecular weight excluding hydrogens is 382 g/mol. The summed E-state index contributed by atoms with van der Waals surface area (Å²) in [6.07, 6.45) is 10.0. The maximum Gasteiger partial charge on any atom is 0.309 e. The van der Waals surface area contributed by atoms with Gasteiger partial charge in [-0.3, -0.25) is 14.4 Å². The van der Waals surface area contributed by atoms with Crippen LogP contribution in [-0.2, 0) is 23.9 Å². The van der Waals surface area contributed by atoms with Crippen molar-refractivity contribution in [2.24, 2.45) is 11.8 Å². The SMILES string of the molecule is C=CCCC(=O)NC(COC(=O)C(CC=C)CC(=O)OC(C)(C)C)C1CCCCC1. The Labute approximate surface area is 181 Å². The van der Waals surface area contributed by atoms with Crippen molar-refractivity contribution in [1.82, 2.24) is 5.32 Å². The highest BCUT2D eigenvalue weighted by molar-refractivity contribution is 5.80. The zero-order valence-electron chi connectivity index (χ0n) is 18.9. The van der Waals surface area contributed by atoms with Crippen LogP contribution in [0.15, 0.2) is 25.3 Å². The molecule has 0 radical (unpaired) electrons. The van der Waals surface area contributed by atoms with Crippen molar-refractivity contribution in [1.29, 1.82) is 0 Å². The Kier molecular flexibility index (Phi) is 11.4. The Balaban J connectivity index is 2.70. The largest absolute Gasteiger partial charge is 0.463 e. The number of esters is 2. The van der Waals surface area contributed by atoms with Crippen LogP contribution in [-0.4, -0.2) is 36.1 Å². The number of nitrogens with one attached hydrogen (secondary N) is 1. The second kappa shape index (κ2) is 13.2. The topological polar surface area (TPSA) is 81.7 Å². The average molecular weight is 422 g/mol. The van der Waals surface area contributed by atoms with Crippen molar-refractivity contribution >= 4 is 17.8 Å². The number of hydrogen-bond acceptors (Lipinski definition) is 5. The van der Waals surface area contributed by atoms with Crippen molar-refractivity contribution in [2.45, 2.75) is 90.2 Å². The maximum atomic E-state index is 12.7. The van der Waals surface area contributed by atoms with Gasteiger partial charge in [-0.05, 0) is 52.4 Å². The van der Waals surface area contributed by atoms with E-state index in [0.717, 1.165) is 25.7 Å². The van der Waals surface area contributed by atoms with Crippen molar-refractivity contribution < 1.29 is 23.9 Å². The fourth-order valence-corrected chi connectivity index (χ4v) is 3.68. The molecule has 1 saturated carbocycles. The van der Waals surface area contributed by atoms with Crippen LogP contribution in [0.25, 0.3) is 0 Å². The van der Waals surface area contributed by atoms with Crippen LogP contribution in [0.5, 0.6) is 0 Å². The van der Waals surface area contributed by atoms with E-state index in [1.54, 1.807) is 32.9 Å². The predicted molar refractivity (Wildman–Crippen MR) is 118 cm³/mol. The van der Waals surface area contributed by atoms with Crippen LogP contribution in [0.1, 0.15) is 78.6 Å².